The quantitative estimate of drug-likeness (QED) is 0.620. The van der Waals surface area contributed by atoms with Crippen molar-refractivity contribution in [2.45, 2.75) is 13.0 Å². The molecule has 0 atom stereocenters. The molecule has 1 amide bonds. The van der Waals surface area contributed by atoms with Crippen LogP contribution in [0.1, 0.15) is 6.42 Å². The van der Waals surface area contributed by atoms with Crippen molar-refractivity contribution in [3.63, 3.8) is 0 Å². The van der Waals surface area contributed by atoms with Gasteiger partial charge < -0.3 is 15.6 Å². The number of H-pyrrole nitrogens is 1. The molecule has 0 aliphatic carbocycles. The first kappa shape index (κ1) is 15.0. The lowest BCUT2D eigenvalue weighted by atomic mass is 10.2. The van der Waals surface area contributed by atoms with E-state index in [1.807, 2.05) is 7.05 Å². The van der Waals surface area contributed by atoms with Crippen LogP contribution in [-0.4, -0.2) is 35.6 Å². The predicted molar refractivity (Wildman–Crippen MR) is 80.4 cm³/mol. The van der Waals surface area contributed by atoms with Crippen molar-refractivity contribution in [3.05, 3.63) is 45.1 Å². The Kier molecular flexibility index (Phi) is 4.89. The lowest BCUT2D eigenvalue weighted by Gasteiger charge is -2.07. The summed E-state index contributed by atoms with van der Waals surface area (Å²) in [5.41, 5.74) is -0.568. The number of benzene rings is 1. The molecule has 21 heavy (non-hydrogen) atoms. The van der Waals surface area contributed by atoms with Crippen molar-refractivity contribution in [2.24, 2.45) is 0 Å². The molecule has 1 heterocycles. The van der Waals surface area contributed by atoms with Crippen LogP contribution in [0.5, 0.6) is 0 Å². The van der Waals surface area contributed by atoms with Crippen molar-refractivity contribution in [3.8, 4) is 0 Å². The van der Waals surface area contributed by atoms with Gasteiger partial charge in [0, 0.05) is 6.54 Å². The second-order valence-electron chi connectivity index (χ2n) is 4.67. The molecule has 2 rings (SSSR count). The maximum atomic E-state index is 12.2. The first-order chi connectivity index (χ1) is 10.1. The van der Waals surface area contributed by atoms with Crippen LogP contribution in [0.4, 0.5) is 0 Å². The first-order valence-electron chi connectivity index (χ1n) is 6.76. The summed E-state index contributed by atoms with van der Waals surface area (Å²) in [4.78, 5) is 38.5. The number of para-hydroxylation sites is 1. The van der Waals surface area contributed by atoms with Crippen LogP contribution in [0.25, 0.3) is 10.9 Å². The van der Waals surface area contributed by atoms with E-state index in [9.17, 15) is 14.4 Å². The van der Waals surface area contributed by atoms with Gasteiger partial charge in [0.1, 0.15) is 6.54 Å². The van der Waals surface area contributed by atoms with E-state index < -0.39 is 11.2 Å². The first-order valence-corrected chi connectivity index (χ1v) is 6.76. The SMILES string of the molecule is CNCCCNC(=O)Cn1c(=O)[nH]c2ccccc2c1=O. The summed E-state index contributed by atoms with van der Waals surface area (Å²) < 4.78 is 0.912. The van der Waals surface area contributed by atoms with E-state index in [0.717, 1.165) is 17.5 Å². The number of nitrogens with zero attached hydrogens (tertiary/aromatic N) is 1. The summed E-state index contributed by atoms with van der Waals surface area (Å²) in [7, 11) is 1.83. The normalized spacial score (nSPS) is 10.7. The minimum absolute atomic E-state index is 0.279. The highest BCUT2D eigenvalue weighted by atomic mass is 16.2. The summed E-state index contributed by atoms with van der Waals surface area (Å²) in [6.45, 7) is 1.01. The van der Waals surface area contributed by atoms with Gasteiger partial charge in [0.05, 0.1) is 10.9 Å². The molecule has 0 spiro atoms. The highest BCUT2D eigenvalue weighted by molar-refractivity contribution is 5.78. The monoisotopic (exact) mass is 290 g/mol. The molecule has 1 aromatic carbocycles. The summed E-state index contributed by atoms with van der Waals surface area (Å²) in [6, 6.07) is 6.72. The van der Waals surface area contributed by atoms with Crippen molar-refractivity contribution in [1.29, 1.82) is 0 Å². The Balaban J connectivity index is 2.17. The minimum atomic E-state index is -0.580. The summed E-state index contributed by atoms with van der Waals surface area (Å²) in [6.07, 6.45) is 0.783. The van der Waals surface area contributed by atoms with E-state index in [1.54, 1.807) is 24.3 Å². The van der Waals surface area contributed by atoms with E-state index in [-0.39, 0.29) is 12.5 Å². The molecular weight excluding hydrogens is 272 g/mol. The van der Waals surface area contributed by atoms with E-state index >= 15 is 0 Å². The topological polar surface area (TPSA) is 96.0 Å². The fraction of sp³-hybridized carbons (Fsp3) is 0.357. The van der Waals surface area contributed by atoms with E-state index in [4.69, 9.17) is 0 Å². The van der Waals surface area contributed by atoms with Crippen LogP contribution in [0.3, 0.4) is 0 Å². The number of aromatic amines is 1. The zero-order chi connectivity index (χ0) is 15.2. The van der Waals surface area contributed by atoms with E-state index in [2.05, 4.69) is 15.6 Å². The van der Waals surface area contributed by atoms with Crippen LogP contribution in [0, 0.1) is 0 Å². The number of rotatable bonds is 6. The Morgan fingerprint density at radius 1 is 1.24 bits per heavy atom. The third-order valence-corrected chi connectivity index (χ3v) is 3.12. The molecule has 0 aliphatic rings. The lowest BCUT2D eigenvalue weighted by Crippen LogP contribution is -2.41. The van der Waals surface area contributed by atoms with Crippen LogP contribution in [0.2, 0.25) is 0 Å². The highest BCUT2D eigenvalue weighted by Gasteiger charge is 2.10. The average Bonchev–Trinajstić information content (AvgIpc) is 2.48. The maximum absolute atomic E-state index is 12.2. The second kappa shape index (κ2) is 6.85. The van der Waals surface area contributed by atoms with Gasteiger partial charge in [-0.05, 0) is 32.1 Å². The molecule has 0 fully saturated rings. The Labute approximate surface area is 121 Å². The molecule has 7 nitrogen and oxygen atoms in total. The van der Waals surface area contributed by atoms with Gasteiger partial charge >= 0.3 is 5.69 Å². The fourth-order valence-electron chi connectivity index (χ4n) is 2.04. The number of hydrogen-bond acceptors (Lipinski definition) is 4. The Hall–Kier alpha value is -2.41. The number of aromatic nitrogens is 2. The summed E-state index contributed by atoms with van der Waals surface area (Å²) in [5.74, 6) is -0.353. The predicted octanol–water partition coefficient (Wildman–Crippen LogP) is -0.584. The van der Waals surface area contributed by atoms with Gasteiger partial charge in [-0.1, -0.05) is 12.1 Å². The van der Waals surface area contributed by atoms with Crippen LogP contribution in [-0.2, 0) is 11.3 Å². The van der Waals surface area contributed by atoms with Gasteiger partial charge in [-0.2, -0.15) is 0 Å². The molecule has 7 heteroatoms. The van der Waals surface area contributed by atoms with Gasteiger partial charge in [-0.15, -0.1) is 0 Å². The van der Waals surface area contributed by atoms with E-state index in [1.165, 1.54) is 0 Å². The molecule has 0 radical (unpaired) electrons. The van der Waals surface area contributed by atoms with Crippen molar-refractivity contribution >= 4 is 16.8 Å². The minimum Gasteiger partial charge on any atom is -0.354 e. The molecule has 1 aromatic heterocycles. The fourth-order valence-corrected chi connectivity index (χ4v) is 2.04. The van der Waals surface area contributed by atoms with Crippen LogP contribution >= 0.6 is 0 Å². The standard InChI is InChI=1S/C14H18N4O3/c1-15-7-4-8-16-12(19)9-18-13(20)10-5-2-3-6-11(10)17-14(18)21/h2-3,5-6,15H,4,7-9H2,1H3,(H,16,19)(H,17,21). The van der Waals surface area contributed by atoms with E-state index in [0.29, 0.717) is 17.4 Å². The van der Waals surface area contributed by atoms with Gasteiger partial charge in [-0.25, -0.2) is 4.79 Å². The van der Waals surface area contributed by atoms with Gasteiger partial charge in [0.15, 0.2) is 0 Å². The van der Waals surface area contributed by atoms with Crippen LogP contribution in [0.15, 0.2) is 33.9 Å². The molecule has 0 bridgehead atoms. The van der Waals surface area contributed by atoms with Crippen molar-refractivity contribution in [1.82, 2.24) is 20.2 Å². The molecule has 112 valence electrons. The zero-order valence-electron chi connectivity index (χ0n) is 11.8. The third kappa shape index (κ3) is 3.57. The Morgan fingerprint density at radius 2 is 2.00 bits per heavy atom. The number of nitrogens with one attached hydrogen (secondary N) is 3. The number of hydrogen-bond donors (Lipinski definition) is 3. The molecule has 3 N–H and O–H groups in total. The van der Waals surface area contributed by atoms with Gasteiger partial charge in [0.2, 0.25) is 5.91 Å². The van der Waals surface area contributed by atoms with Crippen molar-refractivity contribution < 1.29 is 4.79 Å². The lowest BCUT2D eigenvalue weighted by molar-refractivity contribution is -0.121. The number of carbonyl (C=O) groups excluding carboxylic acids is 1. The largest absolute Gasteiger partial charge is 0.354 e. The molecular formula is C14H18N4O3. The third-order valence-electron chi connectivity index (χ3n) is 3.12. The second-order valence-corrected chi connectivity index (χ2v) is 4.67. The number of amides is 1. The molecule has 0 saturated carbocycles. The maximum Gasteiger partial charge on any atom is 0.329 e. The molecule has 2 aromatic rings. The Bertz CT molecular complexity index is 748. The zero-order valence-corrected chi connectivity index (χ0v) is 11.8. The smallest absolute Gasteiger partial charge is 0.329 e. The Morgan fingerprint density at radius 3 is 2.76 bits per heavy atom. The van der Waals surface area contributed by atoms with Gasteiger partial charge in [0.25, 0.3) is 5.56 Å². The van der Waals surface area contributed by atoms with Gasteiger partial charge in [-0.3, -0.25) is 14.2 Å². The van der Waals surface area contributed by atoms with Crippen LogP contribution < -0.4 is 21.9 Å². The summed E-state index contributed by atoms with van der Waals surface area (Å²) in [5, 5.41) is 6.03. The number of carbonyl (C=O) groups is 1. The van der Waals surface area contributed by atoms with Crippen molar-refractivity contribution in [2.75, 3.05) is 20.1 Å². The highest BCUT2D eigenvalue weighted by Crippen LogP contribution is 2.02. The average molecular weight is 290 g/mol. The number of fused-ring (bicyclic) bond motifs is 1. The summed E-state index contributed by atoms with van der Waals surface area (Å²) >= 11 is 0. The molecule has 0 aliphatic heterocycles. The molecule has 0 saturated heterocycles. The molecule has 0 unspecified atom stereocenters.